The minimum absolute atomic E-state index is 0.233. The lowest BCUT2D eigenvalue weighted by Gasteiger charge is -2.01. The van der Waals surface area contributed by atoms with Gasteiger partial charge in [0.25, 0.3) is 0 Å². The number of benzene rings is 2. The Morgan fingerprint density at radius 3 is 2.85 bits per heavy atom. The summed E-state index contributed by atoms with van der Waals surface area (Å²) in [5.41, 5.74) is 7.66. The van der Waals surface area contributed by atoms with E-state index in [2.05, 4.69) is 20.9 Å². The average molecular weight is 351 g/mol. The Kier molecular flexibility index (Phi) is 3.58. The van der Waals surface area contributed by atoms with E-state index < -0.39 is 10.8 Å². The summed E-state index contributed by atoms with van der Waals surface area (Å²) in [6.07, 6.45) is 0. The molecule has 1 heterocycles. The van der Waals surface area contributed by atoms with Crippen molar-refractivity contribution in [2.24, 2.45) is 0 Å². The van der Waals surface area contributed by atoms with Crippen LogP contribution in [0, 0.1) is 0 Å². The Morgan fingerprint density at radius 1 is 1.25 bits per heavy atom. The highest BCUT2D eigenvalue weighted by Gasteiger charge is 2.13. The predicted octanol–water partition coefficient (Wildman–Crippen LogP) is 3.48. The number of oxazole rings is 1. The van der Waals surface area contributed by atoms with Crippen LogP contribution < -0.4 is 5.73 Å². The minimum atomic E-state index is -1.21. The van der Waals surface area contributed by atoms with Gasteiger partial charge in [0.15, 0.2) is 5.58 Å². The standard InChI is InChI=1S/C14H11BrN2O2S/c15-10-3-1-2-4-13(10)20(18)8-14-17-11-7-9(16)5-6-12(11)19-14/h1-7H,8,16H2. The summed E-state index contributed by atoms with van der Waals surface area (Å²) in [7, 11) is -1.21. The number of nitrogens with zero attached hydrogens (tertiary/aromatic N) is 1. The number of aromatic nitrogens is 1. The number of nitrogen functional groups attached to an aromatic ring is 1. The maximum atomic E-state index is 12.3. The lowest BCUT2D eigenvalue weighted by atomic mass is 10.3. The zero-order valence-corrected chi connectivity index (χ0v) is 12.8. The van der Waals surface area contributed by atoms with Gasteiger partial charge in [-0.15, -0.1) is 0 Å². The number of anilines is 1. The van der Waals surface area contributed by atoms with Crippen molar-refractivity contribution in [2.75, 3.05) is 5.73 Å². The molecule has 0 aliphatic carbocycles. The first-order chi connectivity index (χ1) is 9.63. The summed E-state index contributed by atoms with van der Waals surface area (Å²) in [4.78, 5) is 5.04. The third-order valence-electron chi connectivity index (χ3n) is 2.79. The first-order valence-electron chi connectivity index (χ1n) is 5.91. The van der Waals surface area contributed by atoms with E-state index in [4.69, 9.17) is 10.2 Å². The molecular weight excluding hydrogens is 340 g/mol. The molecule has 20 heavy (non-hydrogen) atoms. The van der Waals surface area contributed by atoms with Gasteiger partial charge in [0.2, 0.25) is 5.89 Å². The van der Waals surface area contributed by atoms with Gasteiger partial charge in [-0.25, -0.2) is 4.98 Å². The van der Waals surface area contributed by atoms with E-state index >= 15 is 0 Å². The van der Waals surface area contributed by atoms with Crippen LogP contribution in [0.25, 0.3) is 11.1 Å². The van der Waals surface area contributed by atoms with Crippen LogP contribution >= 0.6 is 15.9 Å². The molecule has 0 aliphatic heterocycles. The first-order valence-corrected chi connectivity index (χ1v) is 8.02. The van der Waals surface area contributed by atoms with E-state index in [9.17, 15) is 4.21 Å². The second-order valence-electron chi connectivity index (χ2n) is 4.26. The fourth-order valence-electron chi connectivity index (χ4n) is 1.87. The molecule has 0 saturated carbocycles. The van der Waals surface area contributed by atoms with Gasteiger partial charge in [-0.3, -0.25) is 4.21 Å². The van der Waals surface area contributed by atoms with Crippen molar-refractivity contribution in [3.63, 3.8) is 0 Å². The molecule has 0 spiro atoms. The molecule has 6 heteroatoms. The predicted molar refractivity (Wildman–Crippen MR) is 82.7 cm³/mol. The molecular formula is C14H11BrN2O2S. The fourth-order valence-corrected chi connectivity index (χ4v) is 3.72. The quantitative estimate of drug-likeness (QED) is 0.734. The van der Waals surface area contributed by atoms with Crippen molar-refractivity contribution in [2.45, 2.75) is 10.6 Å². The second kappa shape index (κ2) is 5.38. The zero-order chi connectivity index (χ0) is 14.1. The third-order valence-corrected chi connectivity index (χ3v) is 5.10. The molecule has 102 valence electrons. The van der Waals surface area contributed by atoms with Gasteiger partial charge in [0, 0.05) is 10.2 Å². The van der Waals surface area contributed by atoms with Crippen molar-refractivity contribution in [3.05, 3.63) is 52.8 Å². The van der Waals surface area contributed by atoms with E-state index in [0.29, 0.717) is 22.7 Å². The largest absolute Gasteiger partial charge is 0.440 e. The van der Waals surface area contributed by atoms with Crippen LogP contribution in [0.5, 0.6) is 0 Å². The summed E-state index contributed by atoms with van der Waals surface area (Å²) < 4.78 is 18.7. The number of hydrogen-bond donors (Lipinski definition) is 1. The molecule has 3 rings (SSSR count). The van der Waals surface area contributed by atoms with E-state index in [1.165, 1.54) is 0 Å². The number of halogens is 1. The Bertz CT molecular complexity index is 801. The van der Waals surface area contributed by atoms with Crippen molar-refractivity contribution in [1.82, 2.24) is 4.98 Å². The van der Waals surface area contributed by atoms with Gasteiger partial charge in [0.05, 0.1) is 15.7 Å². The van der Waals surface area contributed by atoms with Crippen LogP contribution in [0.1, 0.15) is 5.89 Å². The molecule has 0 radical (unpaired) electrons. The first kappa shape index (κ1) is 13.3. The van der Waals surface area contributed by atoms with Crippen molar-refractivity contribution in [1.29, 1.82) is 0 Å². The number of nitrogens with two attached hydrogens (primary N) is 1. The summed E-state index contributed by atoms with van der Waals surface area (Å²) in [6, 6.07) is 12.7. The van der Waals surface area contributed by atoms with Crippen LogP contribution in [0.4, 0.5) is 5.69 Å². The molecule has 1 aromatic heterocycles. The normalized spacial score (nSPS) is 12.7. The van der Waals surface area contributed by atoms with Crippen LogP contribution in [-0.2, 0) is 16.6 Å². The molecule has 1 atom stereocenters. The molecule has 0 bridgehead atoms. The van der Waals surface area contributed by atoms with Gasteiger partial charge in [-0.05, 0) is 46.3 Å². The van der Waals surface area contributed by atoms with Gasteiger partial charge < -0.3 is 10.2 Å². The molecule has 1 unspecified atom stereocenters. The Morgan fingerprint density at radius 2 is 2.05 bits per heavy atom. The Balaban J connectivity index is 1.89. The van der Waals surface area contributed by atoms with Gasteiger partial charge in [0.1, 0.15) is 11.3 Å². The molecule has 0 saturated heterocycles. The lowest BCUT2D eigenvalue weighted by Crippen LogP contribution is -1.97. The molecule has 4 nitrogen and oxygen atoms in total. The van der Waals surface area contributed by atoms with Crippen molar-refractivity contribution < 1.29 is 8.63 Å². The summed E-state index contributed by atoms with van der Waals surface area (Å²) in [5, 5.41) is 0. The van der Waals surface area contributed by atoms with Gasteiger partial charge >= 0.3 is 0 Å². The maximum Gasteiger partial charge on any atom is 0.208 e. The smallest absolute Gasteiger partial charge is 0.208 e. The van der Waals surface area contributed by atoms with Gasteiger partial charge in [-0.2, -0.15) is 0 Å². The zero-order valence-electron chi connectivity index (χ0n) is 10.4. The maximum absolute atomic E-state index is 12.3. The summed E-state index contributed by atoms with van der Waals surface area (Å²) >= 11 is 3.39. The van der Waals surface area contributed by atoms with Crippen LogP contribution in [-0.4, -0.2) is 9.19 Å². The van der Waals surface area contributed by atoms with E-state index in [1.54, 1.807) is 18.2 Å². The Labute approximate surface area is 126 Å². The highest BCUT2D eigenvalue weighted by atomic mass is 79.9. The highest BCUT2D eigenvalue weighted by molar-refractivity contribution is 9.10. The number of hydrogen-bond acceptors (Lipinski definition) is 4. The number of rotatable bonds is 3. The van der Waals surface area contributed by atoms with Crippen molar-refractivity contribution in [3.8, 4) is 0 Å². The molecule has 0 fully saturated rings. The molecule has 2 aromatic carbocycles. The van der Waals surface area contributed by atoms with Gasteiger partial charge in [-0.1, -0.05) is 12.1 Å². The monoisotopic (exact) mass is 350 g/mol. The topological polar surface area (TPSA) is 69.1 Å². The highest BCUT2D eigenvalue weighted by Crippen LogP contribution is 2.24. The average Bonchev–Trinajstić information content (AvgIpc) is 2.80. The lowest BCUT2D eigenvalue weighted by molar-refractivity contribution is 0.552. The second-order valence-corrected chi connectivity index (χ2v) is 6.53. The summed E-state index contributed by atoms with van der Waals surface area (Å²) in [5.74, 6) is 0.677. The minimum Gasteiger partial charge on any atom is -0.440 e. The fraction of sp³-hybridized carbons (Fsp3) is 0.0714. The van der Waals surface area contributed by atoms with E-state index in [0.717, 1.165) is 9.37 Å². The molecule has 2 N–H and O–H groups in total. The third kappa shape index (κ3) is 2.62. The van der Waals surface area contributed by atoms with Crippen LogP contribution in [0.2, 0.25) is 0 Å². The SMILES string of the molecule is Nc1ccc2oc(CS(=O)c3ccccc3Br)nc2c1. The van der Waals surface area contributed by atoms with E-state index in [-0.39, 0.29) is 5.75 Å². The van der Waals surface area contributed by atoms with Crippen LogP contribution in [0.3, 0.4) is 0 Å². The molecule has 3 aromatic rings. The Hall–Kier alpha value is -1.66. The van der Waals surface area contributed by atoms with Crippen molar-refractivity contribution >= 4 is 43.5 Å². The van der Waals surface area contributed by atoms with E-state index in [1.807, 2.05) is 24.3 Å². The molecule has 0 aliphatic rings. The summed E-state index contributed by atoms with van der Waals surface area (Å²) in [6.45, 7) is 0. The van der Waals surface area contributed by atoms with Crippen LogP contribution in [0.15, 0.2) is 56.2 Å². The molecule has 0 amide bonds. The number of fused-ring (bicyclic) bond motifs is 1.